The molecule has 3 atom stereocenters. The highest BCUT2D eigenvalue weighted by atomic mass is 16.4. The van der Waals surface area contributed by atoms with Crippen molar-refractivity contribution < 1.29 is 34.5 Å². The zero-order valence-corrected chi connectivity index (χ0v) is 18.8. The quantitative estimate of drug-likeness (QED) is 0.442. The topological polar surface area (TPSA) is 170 Å². The molecule has 0 saturated carbocycles. The lowest BCUT2D eigenvalue weighted by molar-refractivity contribution is -0.143. The number of likely N-dealkylation sites (N-methyl/N-ethyl adjacent to an activating group) is 1. The van der Waals surface area contributed by atoms with E-state index in [1.165, 1.54) is 55.3 Å². The van der Waals surface area contributed by atoms with Gasteiger partial charge in [0.15, 0.2) is 5.78 Å². The Bertz CT molecular complexity index is 1150. The van der Waals surface area contributed by atoms with Gasteiger partial charge in [0.1, 0.15) is 23.6 Å². The molecule has 0 aromatic heterocycles. The van der Waals surface area contributed by atoms with E-state index in [4.69, 9.17) is 5.73 Å². The Balaban J connectivity index is 2.24. The van der Waals surface area contributed by atoms with Crippen molar-refractivity contribution >= 4 is 23.6 Å². The smallest absolute Gasteiger partial charge is 0.326 e. The van der Waals surface area contributed by atoms with Crippen molar-refractivity contribution in [2.45, 2.75) is 31.8 Å². The first-order valence-corrected chi connectivity index (χ1v) is 10.7. The van der Waals surface area contributed by atoms with Crippen molar-refractivity contribution in [2.75, 3.05) is 13.6 Å². The number of phenolic OH excluding ortho intramolecular Hbond substituents is 2. The molecule has 3 rings (SSSR count). The maximum Gasteiger partial charge on any atom is 0.326 e. The van der Waals surface area contributed by atoms with Crippen LogP contribution < -0.4 is 11.1 Å². The molecule has 10 heteroatoms. The van der Waals surface area contributed by atoms with Gasteiger partial charge in [0.05, 0.1) is 6.54 Å². The number of carbonyl (C=O) groups excluding carboxylic acids is 3. The van der Waals surface area contributed by atoms with E-state index in [2.05, 4.69) is 5.32 Å². The van der Waals surface area contributed by atoms with Crippen LogP contribution >= 0.6 is 0 Å². The van der Waals surface area contributed by atoms with Crippen molar-refractivity contribution in [1.29, 1.82) is 0 Å². The molecule has 1 aliphatic rings. The van der Waals surface area contributed by atoms with Gasteiger partial charge in [-0.15, -0.1) is 0 Å². The third-order valence-corrected chi connectivity index (χ3v) is 5.96. The Kier molecular flexibility index (Phi) is 7.21. The molecular weight excluding hydrogens is 442 g/mol. The predicted molar refractivity (Wildman–Crippen MR) is 122 cm³/mol. The van der Waals surface area contributed by atoms with Crippen LogP contribution in [0.3, 0.4) is 0 Å². The molecule has 0 fully saturated rings. The number of aliphatic carboxylic acids is 1. The summed E-state index contributed by atoms with van der Waals surface area (Å²) in [5.41, 5.74) is 6.76. The van der Waals surface area contributed by atoms with Gasteiger partial charge in [-0.05, 0) is 35.4 Å². The number of carboxylic acids is 1. The minimum absolute atomic E-state index is 0.0775. The second-order valence-corrected chi connectivity index (χ2v) is 8.41. The first kappa shape index (κ1) is 24.7. The molecule has 34 heavy (non-hydrogen) atoms. The third kappa shape index (κ3) is 5.01. The molecule has 0 aliphatic carbocycles. The summed E-state index contributed by atoms with van der Waals surface area (Å²) in [6, 6.07) is 6.33. The second-order valence-electron chi connectivity index (χ2n) is 8.41. The number of nitrogens with two attached hydrogens (primary N) is 1. The van der Waals surface area contributed by atoms with Crippen LogP contribution in [0.5, 0.6) is 11.5 Å². The molecule has 4 bridgehead atoms. The standard InChI is InChI=1S/C24H27N3O7/c1-12-7-20(30)22(27(2)21(31)11-25)14-4-6-19(29)16(10-14)15-8-13(3-5-18(15)28)9-17(24(33)34)26-23(12)32/h3-6,8,10,12,17,22,28-29H,7,9,11,25H2,1-2H3,(H,26,32)(H,33,34)/t12-,17+,22+/m1/s1. The number of phenols is 2. The summed E-state index contributed by atoms with van der Waals surface area (Å²) in [5.74, 6) is -4.08. The summed E-state index contributed by atoms with van der Waals surface area (Å²) in [7, 11) is 1.41. The fourth-order valence-electron chi connectivity index (χ4n) is 4.03. The van der Waals surface area contributed by atoms with Gasteiger partial charge >= 0.3 is 5.97 Å². The number of carboxylic acid groups (broad SMARTS) is 1. The number of rotatable bonds is 3. The summed E-state index contributed by atoms with van der Waals surface area (Å²) in [6.07, 6.45) is -0.344. The van der Waals surface area contributed by atoms with Crippen LogP contribution in [0.1, 0.15) is 30.5 Å². The lowest BCUT2D eigenvalue weighted by Gasteiger charge is -2.29. The number of ketones is 1. The van der Waals surface area contributed by atoms with Crippen LogP contribution in [0.15, 0.2) is 36.4 Å². The van der Waals surface area contributed by atoms with Crippen LogP contribution in [-0.2, 0) is 25.6 Å². The second kappa shape index (κ2) is 9.92. The van der Waals surface area contributed by atoms with Gasteiger partial charge in [-0.3, -0.25) is 14.4 Å². The van der Waals surface area contributed by atoms with E-state index in [9.17, 15) is 34.5 Å². The zero-order chi connectivity index (χ0) is 25.2. The molecule has 2 amide bonds. The van der Waals surface area contributed by atoms with Crippen molar-refractivity contribution in [3.63, 3.8) is 0 Å². The Morgan fingerprint density at radius 2 is 1.68 bits per heavy atom. The van der Waals surface area contributed by atoms with Crippen LogP contribution in [0.25, 0.3) is 11.1 Å². The van der Waals surface area contributed by atoms with Crippen molar-refractivity contribution in [3.05, 3.63) is 47.5 Å². The number of hydrogen-bond donors (Lipinski definition) is 5. The van der Waals surface area contributed by atoms with E-state index < -0.39 is 41.6 Å². The Morgan fingerprint density at radius 3 is 2.29 bits per heavy atom. The molecule has 1 aliphatic heterocycles. The highest BCUT2D eigenvalue weighted by Gasteiger charge is 2.32. The number of benzene rings is 2. The monoisotopic (exact) mass is 469 g/mol. The number of carbonyl (C=O) groups is 4. The molecule has 10 nitrogen and oxygen atoms in total. The Morgan fingerprint density at radius 1 is 1.06 bits per heavy atom. The SMILES string of the molecule is C[C@@H]1CC(=O)[C@@H](N(C)C(=O)CN)c2ccc(O)c(c2)-c2cc(ccc2O)C[C@@H](C(=O)O)NC1=O. The first-order chi connectivity index (χ1) is 16.0. The van der Waals surface area contributed by atoms with Gasteiger partial charge in [-0.25, -0.2) is 4.79 Å². The van der Waals surface area contributed by atoms with Gasteiger partial charge in [0.25, 0.3) is 0 Å². The number of Topliss-reactive ketones (excluding diaryl/α,β-unsaturated/α-hetero) is 1. The summed E-state index contributed by atoms with van der Waals surface area (Å²) >= 11 is 0. The molecule has 0 saturated heterocycles. The van der Waals surface area contributed by atoms with Gasteiger partial charge in [-0.2, -0.15) is 0 Å². The molecule has 0 unspecified atom stereocenters. The summed E-state index contributed by atoms with van der Waals surface area (Å²) in [6.45, 7) is 1.16. The van der Waals surface area contributed by atoms with E-state index in [0.29, 0.717) is 11.1 Å². The highest BCUT2D eigenvalue weighted by Crippen LogP contribution is 2.39. The van der Waals surface area contributed by atoms with Crippen LogP contribution in [0, 0.1) is 5.92 Å². The number of hydrogen-bond acceptors (Lipinski definition) is 7. The maximum absolute atomic E-state index is 13.3. The Hall–Kier alpha value is -3.92. The molecule has 1 heterocycles. The van der Waals surface area contributed by atoms with Gasteiger partial charge in [0, 0.05) is 36.9 Å². The molecule has 0 radical (unpaired) electrons. The average molecular weight is 469 g/mol. The van der Waals surface area contributed by atoms with Gasteiger partial charge in [-0.1, -0.05) is 19.1 Å². The van der Waals surface area contributed by atoms with Crippen LogP contribution in [0.4, 0.5) is 0 Å². The zero-order valence-electron chi connectivity index (χ0n) is 18.8. The van der Waals surface area contributed by atoms with E-state index in [1.807, 2.05) is 0 Å². The minimum atomic E-state index is -1.28. The van der Waals surface area contributed by atoms with Crippen molar-refractivity contribution in [3.8, 4) is 22.6 Å². The summed E-state index contributed by atoms with van der Waals surface area (Å²) in [5, 5.41) is 33.1. The largest absolute Gasteiger partial charge is 0.507 e. The third-order valence-electron chi connectivity index (χ3n) is 5.96. The number of nitrogens with zero attached hydrogens (tertiary/aromatic N) is 1. The molecule has 0 spiro atoms. The fourth-order valence-corrected chi connectivity index (χ4v) is 4.03. The van der Waals surface area contributed by atoms with Crippen LogP contribution in [-0.4, -0.2) is 63.4 Å². The molecule has 2 aromatic carbocycles. The number of fused-ring (bicyclic) bond motifs is 5. The van der Waals surface area contributed by atoms with Gasteiger partial charge < -0.3 is 31.3 Å². The first-order valence-electron chi connectivity index (χ1n) is 10.7. The number of aromatic hydroxyl groups is 2. The minimum Gasteiger partial charge on any atom is -0.507 e. The van der Waals surface area contributed by atoms with E-state index in [-0.39, 0.29) is 42.0 Å². The lowest BCUT2D eigenvalue weighted by Crippen LogP contribution is -2.45. The van der Waals surface area contributed by atoms with E-state index in [1.54, 1.807) is 0 Å². The molecule has 180 valence electrons. The summed E-state index contributed by atoms with van der Waals surface area (Å²) < 4.78 is 0. The van der Waals surface area contributed by atoms with Crippen LogP contribution in [0.2, 0.25) is 0 Å². The number of nitrogens with one attached hydrogen (secondary N) is 1. The highest BCUT2D eigenvalue weighted by molar-refractivity contribution is 5.94. The summed E-state index contributed by atoms with van der Waals surface area (Å²) in [4.78, 5) is 51.4. The normalized spacial score (nSPS) is 20.7. The molecular formula is C24H27N3O7. The molecule has 2 aromatic rings. The molecule has 6 N–H and O–H groups in total. The number of amides is 2. The van der Waals surface area contributed by atoms with Crippen molar-refractivity contribution in [2.24, 2.45) is 11.7 Å². The predicted octanol–water partition coefficient (Wildman–Crippen LogP) is 0.944. The van der Waals surface area contributed by atoms with Gasteiger partial charge in [0.2, 0.25) is 11.8 Å². The average Bonchev–Trinajstić information content (AvgIpc) is 2.79. The maximum atomic E-state index is 13.3. The van der Waals surface area contributed by atoms with E-state index >= 15 is 0 Å². The Labute approximate surface area is 196 Å². The fraction of sp³-hybridized carbons (Fsp3) is 0.333. The lowest BCUT2D eigenvalue weighted by atomic mass is 9.90. The van der Waals surface area contributed by atoms with E-state index in [0.717, 1.165) is 0 Å². The van der Waals surface area contributed by atoms with Crippen molar-refractivity contribution in [1.82, 2.24) is 10.2 Å².